The van der Waals surface area contributed by atoms with Gasteiger partial charge in [0.1, 0.15) is 6.10 Å². The Kier molecular flexibility index (Phi) is 16.6. The molecule has 284 valence electrons. The zero-order chi connectivity index (χ0) is 36.4. The van der Waals surface area contributed by atoms with Crippen molar-refractivity contribution in [1.82, 2.24) is 10.6 Å². The van der Waals surface area contributed by atoms with Crippen LogP contribution in [0.2, 0.25) is 0 Å². The van der Waals surface area contributed by atoms with Gasteiger partial charge in [-0.05, 0) is 73.1 Å². The fourth-order valence-corrected chi connectivity index (χ4v) is 7.06. The molecular formula is C41H58N4O7. The van der Waals surface area contributed by atoms with Crippen molar-refractivity contribution in [2.45, 2.75) is 76.1 Å². The summed E-state index contributed by atoms with van der Waals surface area (Å²) in [5, 5.41) is 9.54. The Bertz CT molecular complexity index is 1490. The van der Waals surface area contributed by atoms with Gasteiger partial charge in [-0.15, -0.1) is 0 Å². The number of carbonyl (C=O) groups excluding carboxylic acids is 2. The van der Waals surface area contributed by atoms with E-state index in [9.17, 15) is 9.59 Å². The summed E-state index contributed by atoms with van der Waals surface area (Å²) < 4.78 is 27.4. The molecule has 3 aromatic carbocycles. The summed E-state index contributed by atoms with van der Waals surface area (Å²) in [6.45, 7) is 8.51. The lowest BCUT2D eigenvalue weighted by Crippen LogP contribution is -2.39. The Morgan fingerprint density at radius 2 is 1.42 bits per heavy atom. The SMILES string of the molecule is C[C@@H](N[C@H]1CCN(c2ccc(CC(=O)OC3CCC(NC(=O)CCOCCOCCOCCOCCN)CC3)cc2)C1)c1cccc2ccccc12. The minimum atomic E-state index is -0.199. The molecule has 1 aliphatic heterocycles. The van der Waals surface area contributed by atoms with Crippen molar-refractivity contribution in [3.63, 3.8) is 0 Å². The molecule has 2 atom stereocenters. The Hall–Kier alpha value is -3.58. The van der Waals surface area contributed by atoms with E-state index >= 15 is 0 Å². The maximum Gasteiger partial charge on any atom is 0.310 e. The number of hydrogen-bond acceptors (Lipinski definition) is 10. The van der Waals surface area contributed by atoms with Gasteiger partial charge in [-0.1, -0.05) is 54.6 Å². The number of fused-ring (bicyclic) bond motifs is 1. The van der Waals surface area contributed by atoms with Gasteiger partial charge in [0, 0.05) is 49.9 Å². The highest BCUT2D eigenvalue weighted by Crippen LogP contribution is 2.27. The Morgan fingerprint density at radius 1 is 0.769 bits per heavy atom. The second-order valence-electron chi connectivity index (χ2n) is 13.8. The van der Waals surface area contributed by atoms with Crippen molar-refractivity contribution in [2.24, 2.45) is 5.73 Å². The highest BCUT2D eigenvalue weighted by atomic mass is 16.6. The van der Waals surface area contributed by atoms with Crippen LogP contribution in [-0.4, -0.2) is 103 Å². The zero-order valence-corrected chi connectivity index (χ0v) is 30.8. The largest absolute Gasteiger partial charge is 0.462 e. The van der Waals surface area contributed by atoms with Crippen LogP contribution < -0.4 is 21.3 Å². The maximum absolute atomic E-state index is 12.8. The summed E-state index contributed by atoms with van der Waals surface area (Å²) in [5.74, 6) is -0.221. The van der Waals surface area contributed by atoms with Crippen molar-refractivity contribution in [1.29, 1.82) is 0 Å². The molecule has 5 rings (SSSR count). The molecule has 11 nitrogen and oxygen atoms in total. The Morgan fingerprint density at radius 3 is 2.13 bits per heavy atom. The summed E-state index contributed by atoms with van der Waals surface area (Å²) in [5.41, 5.74) is 8.83. The van der Waals surface area contributed by atoms with Crippen LogP contribution in [0.25, 0.3) is 10.8 Å². The third kappa shape index (κ3) is 13.1. The van der Waals surface area contributed by atoms with Gasteiger partial charge in [-0.25, -0.2) is 0 Å². The summed E-state index contributed by atoms with van der Waals surface area (Å²) >= 11 is 0. The fourth-order valence-electron chi connectivity index (χ4n) is 7.06. The molecule has 2 fully saturated rings. The van der Waals surface area contributed by atoms with Crippen LogP contribution in [0.5, 0.6) is 0 Å². The number of carbonyl (C=O) groups is 2. The van der Waals surface area contributed by atoms with E-state index in [1.807, 2.05) is 12.1 Å². The van der Waals surface area contributed by atoms with Crippen molar-refractivity contribution < 1.29 is 33.3 Å². The monoisotopic (exact) mass is 718 g/mol. The van der Waals surface area contributed by atoms with E-state index in [-0.39, 0.29) is 36.5 Å². The third-order valence-corrected chi connectivity index (χ3v) is 9.80. The Labute approximate surface area is 308 Å². The molecule has 52 heavy (non-hydrogen) atoms. The number of anilines is 1. The van der Waals surface area contributed by atoms with Gasteiger partial charge >= 0.3 is 5.97 Å². The lowest BCUT2D eigenvalue weighted by atomic mass is 9.93. The van der Waals surface area contributed by atoms with Gasteiger partial charge < -0.3 is 45.0 Å². The predicted molar refractivity (Wildman–Crippen MR) is 203 cm³/mol. The lowest BCUT2D eigenvalue weighted by molar-refractivity contribution is -0.150. The van der Waals surface area contributed by atoms with Crippen LogP contribution >= 0.6 is 0 Å². The quantitative estimate of drug-likeness (QED) is 0.0993. The van der Waals surface area contributed by atoms with E-state index in [1.54, 1.807) is 0 Å². The average molecular weight is 719 g/mol. The zero-order valence-electron chi connectivity index (χ0n) is 30.8. The molecule has 1 heterocycles. The van der Waals surface area contributed by atoms with Crippen molar-refractivity contribution >= 4 is 28.3 Å². The second kappa shape index (κ2) is 21.8. The maximum atomic E-state index is 12.8. The standard InChI is InChI=1S/C41H58N4O7/c1-31(38-8-4-6-33-5-2-3-7-39(33)38)43-35-17-20-45(30-35)36-13-9-32(10-14-36)29-41(47)52-37-15-11-34(12-16-37)44-40(46)18-21-48-23-25-50-27-28-51-26-24-49-22-19-42/h2-10,13-14,31,34-35,37,43H,11-12,15-30,42H2,1H3,(H,44,46)/t31-,34?,35+,37?/m1/s1. The predicted octanol–water partition coefficient (Wildman–Crippen LogP) is 4.70. The minimum Gasteiger partial charge on any atom is -0.462 e. The van der Waals surface area contributed by atoms with E-state index < -0.39 is 0 Å². The number of nitrogens with zero attached hydrogens (tertiary/aromatic N) is 1. The van der Waals surface area contributed by atoms with Crippen LogP contribution in [0.3, 0.4) is 0 Å². The second-order valence-corrected chi connectivity index (χ2v) is 13.8. The average Bonchev–Trinajstić information content (AvgIpc) is 3.62. The molecule has 0 radical (unpaired) electrons. The topological polar surface area (TPSA) is 134 Å². The Balaban J connectivity index is 0.901. The minimum absolute atomic E-state index is 0.0220. The lowest BCUT2D eigenvalue weighted by Gasteiger charge is -2.29. The number of nitrogens with two attached hydrogens (primary N) is 1. The molecule has 0 unspecified atom stereocenters. The molecule has 11 heteroatoms. The first-order chi connectivity index (χ1) is 25.5. The molecular weight excluding hydrogens is 660 g/mol. The van der Waals surface area contributed by atoms with E-state index in [0.29, 0.717) is 71.9 Å². The smallest absolute Gasteiger partial charge is 0.310 e. The highest BCUT2D eigenvalue weighted by molar-refractivity contribution is 5.86. The first-order valence-electron chi connectivity index (χ1n) is 19.1. The summed E-state index contributed by atoms with van der Waals surface area (Å²) in [7, 11) is 0. The van der Waals surface area contributed by atoms with E-state index in [4.69, 9.17) is 29.4 Å². The molecule has 0 spiro atoms. The number of hydrogen-bond donors (Lipinski definition) is 3. The number of rotatable bonds is 22. The number of nitrogens with one attached hydrogen (secondary N) is 2. The van der Waals surface area contributed by atoms with E-state index in [0.717, 1.165) is 50.8 Å². The van der Waals surface area contributed by atoms with Crippen molar-refractivity contribution in [2.75, 3.05) is 77.4 Å². The van der Waals surface area contributed by atoms with Crippen molar-refractivity contribution in [3.05, 3.63) is 77.9 Å². The van der Waals surface area contributed by atoms with Gasteiger partial charge in [0.2, 0.25) is 5.91 Å². The summed E-state index contributed by atoms with van der Waals surface area (Å²) in [6, 6.07) is 24.2. The van der Waals surface area contributed by atoms with Gasteiger partial charge in [0.05, 0.1) is 59.3 Å². The number of esters is 1. The first-order valence-corrected chi connectivity index (χ1v) is 19.1. The third-order valence-electron chi connectivity index (χ3n) is 9.80. The normalized spacial score (nSPS) is 19.5. The molecule has 0 bridgehead atoms. The summed E-state index contributed by atoms with van der Waals surface area (Å²) in [6.07, 6.45) is 4.62. The number of amides is 1. The molecule has 4 N–H and O–H groups in total. The molecule has 1 aliphatic carbocycles. The van der Waals surface area contributed by atoms with Gasteiger partial charge in [-0.3, -0.25) is 9.59 Å². The van der Waals surface area contributed by atoms with Gasteiger partial charge in [-0.2, -0.15) is 0 Å². The number of ether oxygens (including phenoxy) is 5. The van der Waals surface area contributed by atoms with Crippen LogP contribution in [0, 0.1) is 0 Å². The van der Waals surface area contributed by atoms with Gasteiger partial charge in [0.15, 0.2) is 0 Å². The van der Waals surface area contributed by atoms with Gasteiger partial charge in [0.25, 0.3) is 0 Å². The molecule has 1 saturated carbocycles. The molecule has 2 aliphatic rings. The van der Waals surface area contributed by atoms with E-state index in [2.05, 4.69) is 77.1 Å². The molecule has 0 aromatic heterocycles. The van der Waals surface area contributed by atoms with Crippen LogP contribution in [0.15, 0.2) is 66.7 Å². The summed E-state index contributed by atoms with van der Waals surface area (Å²) in [4.78, 5) is 27.6. The fraction of sp³-hybridized carbons (Fsp3) is 0.561. The van der Waals surface area contributed by atoms with E-state index in [1.165, 1.54) is 22.0 Å². The van der Waals surface area contributed by atoms with Crippen LogP contribution in [0.1, 0.15) is 62.6 Å². The molecule has 1 amide bonds. The van der Waals surface area contributed by atoms with Crippen LogP contribution in [-0.2, 0) is 39.7 Å². The van der Waals surface area contributed by atoms with Crippen molar-refractivity contribution in [3.8, 4) is 0 Å². The first kappa shape index (κ1) is 39.6. The van der Waals surface area contributed by atoms with Crippen LogP contribution in [0.4, 0.5) is 5.69 Å². The highest BCUT2D eigenvalue weighted by Gasteiger charge is 2.26. The molecule has 3 aromatic rings. The number of benzene rings is 3. The molecule has 1 saturated heterocycles.